The Hall–Kier alpha value is -0.570. The maximum atomic E-state index is 6.05. The van der Waals surface area contributed by atoms with E-state index in [0.717, 1.165) is 24.8 Å². The lowest BCUT2D eigenvalue weighted by atomic mass is 9.72. The first-order valence-electron chi connectivity index (χ1n) is 7.30. The molecule has 1 aromatic carbocycles. The minimum Gasteiger partial charge on any atom is -0.381 e. The lowest BCUT2D eigenvalue weighted by Crippen LogP contribution is -2.42. The van der Waals surface area contributed by atoms with Crippen LogP contribution in [-0.4, -0.2) is 31.2 Å². The van der Waals surface area contributed by atoms with Crippen molar-refractivity contribution in [3.63, 3.8) is 0 Å². The van der Waals surface area contributed by atoms with Crippen molar-refractivity contribution in [3.05, 3.63) is 34.9 Å². The highest BCUT2D eigenvalue weighted by Gasteiger charge is 2.35. The smallest absolute Gasteiger partial charge is 0.0471 e. The molecule has 0 atom stereocenters. The fourth-order valence-electron chi connectivity index (χ4n) is 3.38. The van der Waals surface area contributed by atoms with E-state index in [0.29, 0.717) is 5.41 Å². The summed E-state index contributed by atoms with van der Waals surface area (Å²) in [6, 6.07) is 8.24. The number of ether oxygens (including phenoxy) is 1. The van der Waals surface area contributed by atoms with Gasteiger partial charge in [0.05, 0.1) is 0 Å². The van der Waals surface area contributed by atoms with E-state index < -0.39 is 0 Å². The maximum absolute atomic E-state index is 6.05. The van der Waals surface area contributed by atoms with E-state index in [1.807, 2.05) is 12.1 Å². The number of hydrogen-bond donors (Lipinski definition) is 0. The molecular weight excluding hydrogens is 258 g/mol. The standard InChI is InChI=1S/C16H22ClNO/c17-15-3-1-2-14(12-15)13-18-8-4-16(5-9-18)6-10-19-11-7-16/h1-3,12H,4-11,13H2. The van der Waals surface area contributed by atoms with Crippen molar-refractivity contribution in [3.8, 4) is 0 Å². The molecule has 2 saturated heterocycles. The Kier molecular flexibility index (Phi) is 4.11. The van der Waals surface area contributed by atoms with Crippen LogP contribution in [0, 0.1) is 5.41 Å². The predicted octanol–water partition coefficient (Wildman–Crippen LogP) is 3.73. The van der Waals surface area contributed by atoms with Gasteiger partial charge in [-0.1, -0.05) is 23.7 Å². The molecule has 1 aromatic rings. The van der Waals surface area contributed by atoms with Crippen molar-refractivity contribution in [2.45, 2.75) is 32.2 Å². The van der Waals surface area contributed by atoms with Crippen LogP contribution in [0.4, 0.5) is 0 Å². The van der Waals surface area contributed by atoms with Gasteiger partial charge in [-0.05, 0) is 61.9 Å². The molecule has 0 N–H and O–H groups in total. The van der Waals surface area contributed by atoms with Crippen LogP contribution >= 0.6 is 11.6 Å². The molecule has 0 saturated carbocycles. The summed E-state index contributed by atoms with van der Waals surface area (Å²) in [7, 11) is 0. The van der Waals surface area contributed by atoms with Gasteiger partial charge in [-0.25, -0.2) is 0 Å². The van der Waals surface area contributed by atoms with Crippen molar-refractivity contribution >= 4 is 11.6 Å². The highest BCUT2D eigenvalue weighted by atomic mass is 35.5. The van der Waals surface area contributed by atoms with Gasteiger partial charge in [0.15, 0.2) is 0 Å². The molecule has 19 heavy (non-hydrogen) atoms. The third kappa shape index (κ3) is 3.31. The first-order valence-corrected chi connectivity index (χ1v) is 7.68. The van der Waals surface area contributed by atoms with Gasteiger partial charge in [-0.3, -0.25) is 4.90 Å². The lowest BCUT2D eigenvalue weighted by Gasteiger charge is -2.44. The van der Waals surface area contributed by atoms with Gasteiger partial charge in [0.25, 0.3) is 0 Å². The van der Waals surface area contributed by atoms with Crippen LogP contribution in [0.15, 0.2) is 24.3 Å². The number of hydrogen-bond acceptors (Lipinski definition) is 2. The summed E-state index contributed by atoms with van der Waals surface area (Å²) in [6.07, 6.45) is 5.18. The van der Waals surface area contributed by atoms with Crippen molar-refractivity contribution < 1.29 is 4.74 Å². The summed E-state index contributed by atoms with van der Waals surface area (Å²) in [5.74, 6) is 0. The Labute approximate surface area is 120 Å². The van der Waals surface area contributed by atoms with Gasteiger partial charge in [0.2, 0.25) is 0 Å². The van der Waals surface area contributed by atoms with E-state index in [9.17, 15) is 0 Å². The Balaban J connectivity index is 1.55. The monoisotopic (exact) mass is 279 g/mol. The maximum Gasteiger partial charge on any atom is 0.0471 e. The molecule has 2 aliphatic heterocycles. The molecule has 2 aliphatic rings. The SMILES string of the molecule is Clc1cccc(CN2CCC3(CCOCC3)CC2)c1. The molecule has 3 heteroatoms. The molecule has 0 amide bonds. The third-order valence-corrected chi connectivity index (χ3v) is 5.00. The van der Waals surface area contributed by atoms with Gasteiger partial charge < -0.3 is 4.74 Å². The van der Waals surface area contributed by atoms with Crippen molar-refractivity contribution in [1.82, 2.24) is 4.90 Å². The van der Waals surface area contributed by atoms with Crippen LogP contribution in [-0.2, 0) is 11.3 Å². The second-order valence-corrected chi connectivity index (χ2v) is 6.45. The molecule has 0 radical (unpaired) electrons. The zero-order chi connectivity index (χ0) is 13.1. The van der Waals surface area contributed by atoms with Crippen LogP contribution in [0.25, 0.3) is 0 Å². The summed E-state index contributed by atoms with van der Waals surface area (Å²) in [5, 5.41) is 0.843. The van der Waals surface area contributed by atoms with Gasteiger partial charge in [-0.15, -0.1) is 0 Å². The number of nitrogens with zero attached hydrogens (tertiary/aromatic N) is 1. The average molecular weight is 280 g/mol. The Morgan fingerprint density at radius 1 is 1.11 bits per heavy atom. The number of benzene rings is 1. The number of halogens is 1. The predicted molar refractivity (Wildman–Crippen MR) is 78.4 cm³/mol. The molecular formula is C16H22ClNO. The van der Waals surface area contributed by atoms with Crippen LogP contribution < -0.4 is 0 Å². The van der Waals surface area contributed by atoms with Crippen LogP contribution in [0.2, 0.25) is 5.02 Å². The molecule has 2 nitrogen and oxygen atoms in total. The topological polar surface area (TPSA) is 12.5 Å². The summed E-state index contributed by atoms with van der Waals surface area (Å²) in [4.78, 5) is 2.56. The van der Waals surface area contributed by atoms with E-state index in [4.69, 9.17) is 16.3 Å². The number of likely N-dealkylation sites (tertiary alicyclic amines) is 1. The molecule has 1 spiro atoms. The second kappa shape index (κ2) is 5.82. The molecule has 0 bridgehead atoms. The first-order chi connectivity index (χ1) is 9.26. The van der Waals surface area contributed by atoms with Crippen molar-refractivity contribution in [2.24, 2.45) is 5.41 Å². The minimum atomic E-state index is 0.586. The van der Waals surface area contributed by atoms with E-state index in [2.05, 4.69) is 17.0 Å². The van der Waals surface area contributed by atoms with Crippen molar-refractivity contribution in [2.75, 3.05) is 26.3 Å². The molecule has 104 valence electrons. The quantitative estimate of drug-likeness (QED) is 0.818. The Morgan fingerprint density at radius 3 is 2.53 bits per heavy atom. The molecule has 3 rings (SSSR count). The van der Waals surface area contributed by atoms with E-state index in [1.54, 1.807) is 0 Å². The summed E-state index contributed by atoms with van der Waals surface area (Å²) in [6.45, 7) is 5.40. The van der Waals surface area contributed by atoms with Gasteiger partial charge in [-0.2, -0.15) is 0 Å². The third-order valence-electron chi connectivity index (χ3n) is 4.77. The summed E-state index contributed by atoms with van der Waals surface area (Å²) >= 11 is 6.05. The van der Waals surface area contributed by atoms with Crippen LogP contribution in [0.3, 0.4) is 0 Å². The number of piperidine rings is 1. The van der Waals surface area contributed by atoms with E-state index >= 15 is 0 Å². The zero-order valence-electron chi connectivity index (χ0n) is 11.4. The zero-order valence-corrected chi connectivity index (χ0v) is 12.2. The van der Waals surface area contributed by atoms with Gasteiger partial charge >= 0.3 is 0 Å². The van der Waals surface area contributed by atoms with Gasteiger partial charge in [0, 0.05) is 24.8 Å². The van der Waals surface area contributed by atoms with Crippen LogP contribution in [0.5, 0.6) is 0 Å². The molecule has 0 aliphatic carbocycles. The largest absolute Gasteiger partial charge is 0.381 e. The Morgan fingerprint density at radius 2 is 1.84 bits per heavy atom. The fourth-order valence-corrected chi connectivity index (χ4v) is 3.60. The molecule has 0 aromatic heterocycles. The second-order valence-electron chi connectivity index (χ2n) is 6.02. The normalized spacial score (nSPS) is 23.6. The fraction of sp³-hybridized carbons (Fsp3) is 0.625. The lowest BCUT2D eigenvalue weighted by molar-refractivity contribution is -0.0217. The summed E-state index contributed by atoms with van der Waals surface area (Å²) < 4.78 is 5.50. The number of rotatable bonds is 2. The molecule has 0 unspecified atom stereocenters. The minimum absolute atomic E-state index is 0.586. The molecule has 2 heterocycles. The highest BCUT2D eigenvalue weighted by molar-refractivity contribution is 6.30. The first kappa shape index (κ1) is 13.4. The van der Waals surface area contributed by atoms with E-state index in [1.165, 1.54) is 44.3 Å². The van der Waals surface area contributed by atoms with Crippen LogP contribution in [0.1, 0.15) is 31.2 Å². The molecule has 2 fully saturated rings. The summed E-state index contributed by atoms with van der Waals surface area (Å²) in [5.41, 5.74) is 1.92. The average Bonchev–Trinajstić information content (AvgIpc) is 2.43. The van der Waals surface area contributed by atoms with Gasteiger partial charge in [0.1, 0.15) is 0 Å². The Bertz CT molecular complexity index is 419. The van der Waals surface area contributed by atoms with Crippen molar-refractivity contribution in [1.29, 1.82) is 0 Å². The van der Waals surface area contributed by atoms with E-state index in [-0.39, 0.29) is 0 Å². The highest BCUT2D eigenvalue weighted by Crippen LogP contribution is 2.40.